The van der Waals surface area contributed by atoms with E-state index in [2.05, 4.69) is 5.32 Å². The molecule has 0 spiro atoms. The summed E-state index contributed by atoms with van der Waals surface area (Å²) in [6, 6.07) is 2.49. The third kappa shape index (κ3) is 2.69. The molecule has 0 aromatic heterocycles. The van der Waals surface area contributed by atoms with Crippen LogP contribution in [0.4, 0.5) is 10.1 Å². The predicted molar refractivity (Wildman–Crippen MR) is 55.4 cm³/mol. The maximum Gasteiger partial charge on any atom is 0.325 e. The highest BCUT2D eigenvalue weighted by atomic mass is 18.2. The fourth-order valence-corrected chi connectivity index (χ4v) is 1.05. The zero-order valence-corrected chi connectivity index (χ0v) is 8.53. The standard InChI is InChI=1S/C10H11FN2O3/c1-5(10(15)16)13-9(14)7-3-2-6(12)4-8(7)11/h2-5H,12H2,1H3,(H,13,14)(H,15,16)/t5-/m1/s1/i11-1. The lowest BCUT2D eigenvalue weighted by atomic mass is 10.1. The number of carbonyl (C=O) groups is 2. The Morgan fingerprint density at radius 1 is 1.50 bits per heavy atom. The number of nitrogens with one attached hydrogen (secondary N) is 1. The molecule has 0 saturated heterocycles. The van der Waals surface area contributed by atoms with Crippen LogP contribution < -0.4 is 11.1 Å². The summed E-state index contributed by atoms with van der Waals surface area (Å²) in [4.78, 5) is 21.9. The number of hydrogen-bond donors (Lipinski definition) is 3. The molecule has 16 heavy (non-hydrogen) atoms. The van der Waals surface area contributed by atoms with Crippen molar-refractivity contribution in [1.29, 1.82) is 0 Å². The third-order valence-electron chi connectivity index (χ3n) is 1.96. The normalized spacial score (nSPS) is 11.9. The minimum atomic E-state index is -1.19. The van der Waals surface area contributed by atoms with Gasteiger partial charge in [-0.25, -0.2) is 4.39 Å². The number of anilines is 1. The van der Waals surface area contributed by atoms with E-state index in [4.69, 9.17) is 10.8 Å². The van der Waals surface area contributed by atoms with Crippen molar-refractivity contribution in [1.82, 2.24) is 5.32 Å². The molecule has 0 fully saturated rings. The number of hydrogen-bond acceptors (Lipinski definition) is 3. The number of nitrogens with two attached hydrogens (primary N) is 1. The van der Waals surface area contributed by atoms with E-state index >= 15 is 0 Å². The summed E-state index contributed by atoms with van der Waals surface area (Å²) >= 11 is 0. The van der Waals surface area contributed by atoms with Crippen molar-refractivity contribution >= 4 is 17.6 Å². The molecule has 0 aliphatic rings. The van der Waals surface area contributed by atoms with E-state index in [1.165, 1.54) is 19.1 Å². The second-order valence-corrected chi connectivity index (χ2v) is 3.27. The number of halogens is 1. The summed E-state index contributed by atoms with van der Waals surface area (Å²) in [6.45, 7) is 1.29. The average Bonchev–Trinajstić information content (AvgIpc) is 2.16. The Morgan fingerprint density at radius 2 is 2.12 bits per heavy atom. The van der Waals surface area contributed by atoms with Gasteiger partial charge in [-0.2, -0.15) is 0 Å². The molecule has 0 radical (unpaired) electrons. The first-order valence-corrected chi connectivity index (χ1v) is 4.50. The molecule has 1 aromatic rings. The number of rotatable bonds is 3. The molecule has 1 aromatic carbocycles. The number of carboxylic acid groups (broad SMARTS) is 1. The topological polar surface area (TPSA) is 92.4 Å². The minimum absolute atomic E-state index is 0.195. The highest BCUT2D eigenvalue weighted by Crippen LogP contribution is 2.11. The van der Waals surface area contributed by atoms with Gasteiger partial charge in [0.2, 0.25) is 0 Å². The van der Waals surface area contributed by atoms with Crippen molar-refractivity contribution in [2.75, 3.05) is 5.73 Å². The van der Waals surface area contributed by atoms with Crippen molar-refractivity contribution in [3.8, 4) is 0 Å². The number of carboxylic acids is 1. The first-order valence-electron chi connectivity index (χ1n) is 4.50. The fourth-order valence-electron chi connectivity index (χ4n) is 1.05. The van der Waals surface area contributed by atoms with Gasteiger partial charge in [0.1, 0.15) is 11.9 Å². The molecule has 4 N–H and O–H groups in total. The SMILES string of the molecule is C[C@@H](NC(=O)c1ccc(N)cc1[18F])C(=O)O. The molecule has 0 unspecified atom stereocenters. The molecule has 0 heterocycles. The molecule has 1 atom stereocenters. The summed E-state index contributed by atoms with van der Waals surface area (Å²) < 4.78 is 13.3. The minimum Gasteiger partial charge on any atom is -0.480 e. The Balaban J connectivity index is 2.85. The highest BCUT2D eigenvalue weighted by molar-refractivity contribution is 5.96. The number of amides is 1. The van der Waals surface area contributed by atoms with E-state index in [1.807, 2.05) is 0 Å². The second kappa shape index (κ2) is 4.61. The van der Waals surface area contributed by atoms with Gasteiger partial charge in [0.05, 0.1) is 5.56 Å². The molecule has 6 heteroatoms. The summed E-state index contributed by atoms with van der Waals surface area (Å²) in [5.41, 5.74) is 5.27. The van der Waals surface area contributed by atoms with Gasteiger partial charge < -0.3 is 16.2 Å². The molecular weight excluding hydrogens is 214 g/mol. The van der Waals surface area contributed by atoms with Crippen molar-refractivity contribution in [2.45, 2.75) is 13.0 Å². The summed E-state index contributed by atoms with van der Waals surface area (Å²) in [7, 11) is 0. The van der Waals surface area contributed by atoms with Gasteiger partial charge >= 0.3 is 5.97 Å². The lowest BCUT2D eigenvalue weighted by Crippen LogP contribution is -2.38. The smallest absolute Gasteiger partial charge is 0.325 e. The van der Waals surface area contributed by atoms with E-state index in [1.54, 1.807) is 0 Å². The van der Waals surface area contributed by atoms with Crippen LogP contribution >= 0.6 is 0 Å². The maximum atomic E-state index is 13.3. The second-order valence-electron chi connectivity index (χ2n) is 3.27. The van der Waals surface area contributed by atoms with E-state index in [-0.39, 0.29) is 11.3 Å². The molecule has 1 amide bonds. The van der Waals surface area contributed by atoms with E-state index in [0.29, 0.717) is 0 Å². The van der Waals surface area contributed by atoms with Crippen LogP contribution in [0.5, 0.6) is 0 Å². The van der Waals surface area contributed by atoms with Crippen molar-refractivity contribution in [3.05, 3.63) is 29.6 Å². The summed E-state index contributed by atoms with van der Waals surface area (Å²) in [6.07, 6.45) is 0. The van der Waals surface area contributed by atoms with E-state index in [0.717, 1.165) is 6.07 Å². The first-order chi connectivity index (χ1) is 7.41. The lowest BCUT2D eigenvalue weighted by Gasteiger charge is -2.09. The first kappa shape index (κ1) is 12.0. The van der Waals surface area contributed by atoms with Crippen LogP contribution in [0.1, 0.15) is 17.3 Å². The van der Waals surface area contributed by atoms with Gasteiger partial charge in [-0.3, -0.25) is 9.59 Å². The van der Waals surface area contributed by atoms with Crippen molar-refractivity contribution < 1.29 is 19.1 Å². The van der Waals surface area contributed by atoms with Crippen LogP contribution in [-0.2, 0) is 4.79 Å². The molecule has 0 aliphatic carbocycles. The predicted octanol–water partition coefficient (Wildman–Crippen LogP) is 0.611. The van der Waals surface area contributed by atoms with E-state index < -0.39 is 23.7 Å². The van der Waals surface area contributed by atoms with E-state index in [9.17, 15) is 14.0 Å². The number of carbonyl (C=O) groups excluding carboxylic acids is 1. The van der Waals surface area contributed by atoms with Gasteiger partial charge in [-0.15, -0.1) is 0 Å². The maximum absolute atomic E-state index is 13.3. The third-order valence-corrected chi connectivity index (χ3v) is 1.96. The Bertz CT molecular complexity index is 434. The molecule has 0 bridgehead atoms. The summed E-state index contributed by atoms with van der Waals surface area (Å²) in [5, 5.41) is 10.7. The molecule has 1 rings (SSSR count). The van der Waals surface area contributed by atoms with Crippen molar-refractivity contribution in [3.63, 3.8) is 0 Å². The van der Waals surface area contributed by atoms with Gasteiger partial charge in [-0.05, 0) is 25.1 Å². The van der Waals surface area contributed by atoms with Crippen molar-refractivity contribution in [2.24, 2.45) is 0 Å². The largest absolute Gasteiger partial charge is 0.480 e. The van der Waals surface area contributed by atoms with Crippen LogP contribution in [0.25, 0.3) is 0 Å². The molecule has 0 saturated carbocycles. The monoisotopic (exact) mass is 225 g/mol. The Morgan fingerprint density at radius 3 is 2.62 bits per heavy atom. The summed E-state index contributed by atoms with van der Waals surface area (Å²) in [5.74, 6) is -2.76. The molecule has 86 valence electrons. The van der Waals surface area contributed by atoms with Gasteiger partial charge in [0.15, 0.2) is 0 Å². The quantitative estimate of drug-likeness (QED) is 0.657. The number of nitrogen functional groups attached to an aromatic ring is 1. The number of aliphatic carboxylic acids is 1. The molecule has 5 nitrogen and oxygen atoms in total. The van der Waals surface area contributed by atoms with Crippen LogP contribution in [0.3, 0.4) is 0 Å². The Kier molecular flexibility index (Phi) is 3.44. The lowest BCUT2D eigenvalue weighted by molar-refractivity contribution is -0.138. The van der Waals surface area contributed by atoms with Crippen LogP contribution in [0.2, 0.25) is 0 Å². The number of benzene rings is 1. The molecular formula is C10H11FN2O3. The van der Waals surface area contributed by atoms with Crippen LogP contribution in [0, 0.1) is 5.82 Å². The zero-order valence-electron chi connectivity index (χ0n) is 8.53. The molecule has 0 aliphatic heterocycles. The van der Waals surface area contributed by atoms with Gasteiger partial charge in [0, 0.05) is 5.69 Å². The fraction of sp³-hybridized carbons (Fsp3) is 0.200. The average molecular weight is 225 g/mol. The Labute approximate surface area is 91.1 Å². The van der Waals surface area contributed by atoms with Gasteiger partial charge in [-0.1, -0.05) is 0 Å². The van der Waals surface area contributed by atoms with Crippen LogP contribution in [0.15, 0.2) is 18.2 Å². The Hall–Kier alpha value is -2.11. The zero-order chi connectivity index (χ0) is 12.3. The van der Waals surface area contributed by atoms with Crippen LogP contribution in [-0.4, -0.2) is 23.0 Å². The highest BCUT2D eigenvalue weighted by Gasteiger charge is 2.17. The van der Waals surface area contributed by atoms with Gasteiger partial charge in [0.25, 0.3) is 5.91 Å².